The van der Waals surface area contributed by atoms with Gasteiger partial charge in [-0.3, -0.25) is 0 Å². The molecule has 0 radical (unpaired) electrons. The van der Waals surface area contributed by atoms with Crippen LogP contribution in [0.15, 0.2) is 42.5 Å². The number of hydrogen-bond donors (Lipinski definition) is 0. The van der Waals surface area contributed by atoms with Crippen molar-refractivity contribution in [2.45, 2.75) is 25.8 Å². The Morgan fingerprint density at radius 3 is 2.67 bits per heavy atom. The summed E-state index contributed by atoms with van der Waals surface area (Å²) in [6, 6.07) is 14.2. The van der Waals surface area contributed by atoms with Crippen LogP contribution in [0.25, 0.3) is 11.0 Å². The number of aromatic nitrogens is 2. The van der Waals surface area contributed by atoms with Crippen molar-refractivity contribution in [2.24, 2.45) is 0 Å². The summed E-state index contributed by atoms with van der Waals surface area (Å²) in [6.45, 7) is 4.25. The van der Waals surface area contributed by atoms with Crippen molar-refractivity contribution in [1.82, 2.24) is 9.55 Å². The molecule has 108 valence electrons. The highest BCUT2D eigenvalue weighted by Crippen LogP contribution is 2.29. The molecule has 1 aromatic heterocycles. The van der Waals surface area contributed by atoms with E-state index in [9.17, 15) is 0 Å². The number of rotatable bonds is 3. The highest BCUT2D eigenvalue weighted by atomic mass is 35.5. The molecule has 1 unspecified atom stereocenters. The number of hydrogen-bond acceptors (Lipinski definition) is 1. The lowest BCUT2D eigenvalue weighted by Gasteiger charge is -2.18. The normalized spacial score (nSPS) is 12.8. The molecule has 0 aliphatic carbocycles. The van der Waals surface area contributed by atoms with Crippen LogP contribution in [0.4, 0.5) is 0 Å². The Bertz CT molecular complexity index is 793. The molecule has 0 fully saturated rings. The summed E-state index contributed by atoms with van der Waals surface area (Å²) in [5.41, 5.74) is 4.47. The van der Waals surface area contributed by atoms with Crippen molar-refractivity contribution >= 4 is 34.2 Å². The molecule has 0 saturated carbocycles. The predicted octanol–water partition coefficient (Wildman–Crippen LogP) is 5.35. The third-order valence-electron chi connectivity index (χ3n) is 3.82. The first-order chi connectivity index (χ1) is 10.1. The van der Waals surface area contributed by atoms with Gasteiger partial charge in [0, 0.05) is 5.02 Å². The highest BCUT2D eigenvalue weighted by molar-refractivity contribution is 6.30. The maximum atomic E-state index is 6.12. The van der Waals surface area contributed by atoms with Gasteiger partial charge in [0.15, 0.2) is 0 Å². The largest absolute Gasteiger partial charge is 0.319 e. The first kappa shape index (κ1) is 14.4. The minimum absolute atomic E-state index is 0.128. The molecular formula is C17H16Cl2N2. The van der Waals surface area contributed by atoms with E-state index in [1.165, 1.54) is 5.56 Å². The Morgan fingerprint density at radius 2 is 1.95 bits per heavy atom. The lowest BCUT2D eigenvalue weighted by molar-refractivity contribution is 0.633. The topological polar surface area (TPSA) is 17.8 Å². The number of benzene rings is 2. The molecule has 0 amide bonds. The Morgan fingerprint density at radius 1 is 1.19 bits per heavy atom. The fraction of sp³-hybridized carbons (Fsp3) is 0.235. The summed E-state index contributed by atoms with van der Waals surface area (Å²) in [4.78, 5) is 4.66. The average Bonchev–Trinajstić information content (AvgIpc) is 2.86. The van der Waals surface area contributed by atoms with Gasteiger partial charge < -0.3 is 4.57 Å². The van der Waals surface area contributed by atoms with Gasteiger partial charge in [0.05, 0.1) is 23.0 Å². The third kappa shape index (κ3) is 2.54. The van der Waals surface area contributed by atoms with E-state index in [4.69, 9.17) is 23.2 Å². The molecule has 2 aromatic carbocycles. The first-order valence-corrected chi connectivity index (χ1v) is 7.81. The fourth-order valence-electron chi connectivity index (χ4n) is 2.80. The molecule has 4 heteroatoms. The summed E-state index contributed by atoms with van der Waals surface area (Å²) in [5, 5.41) is 0.743. The van der Waals surface area contributed by atoms with Crippen LogP contribution in [0.2, 0.25) is 5.02 Å². The van der Waals surface area contributed by atoms with E-state index < -0.39 is 0 Å². The zero-order chi connectivity index (χ0) is 15.0. The number of nitrogens with zero attached hydrogens (tertiary/aromatic N) is 2. The molecule has 0 N–H and O–H groups in total. The van der Waals surface area contributed by atoms with Crippen LogP contribution < -0.4 is 0 Å². The number of halogens is 2. The van der Waals surface area contributed by atoms with Crippen molar-refractivity contribution in [2.75, 3.05) is 0 Å². The van der Waals surface area contributed by atoms with Crippen LogP contribution in [0.5, 0.6) is 0 Å². The SMILES string of the molecule is Cc1cccc2nc(CCl)n(C(C)c3cccc(Cl)c3)c12. The Hall–Kier alpha value is -1.51. The van der Waals surface area contributed by atoms with Crippen LogP contribution in [0, 0.1) is 6.92 Å². The summed E-state index contributed by atoms with van der Waals surface area (Å²) >= 11 is 12.2. The number of aryl methyl sites for hydroxylation is 1. The summed E-state index contributed by atoms with van der Waals surface area (Å²) in [7, 11) is 0. The molecule has 1 atom stereocenters. The highest BCUT2D eigenvalue weighted by Gasteiger charge is 2.18. The molecule has 0 saturated heterocycles. The van der Waals surface area contributed by atoms with Crippen molar-refractivity contribution in [3.8, 4) is 0 Å². The monoisotopic (exact) mass is 318 g/mol. The van der Waals surface area contributed by atoms with E-state index in [1.807, 2.05) is 30.3 Å². The van der Waals surface area contributed by atoms with E-state index in [1.54, 1.807) is 0 Å². The number of fused-ring (bicyclic) bond motifs is 1. The smallest absolute Gasteiger partial charge is 0.125 e. The van der Waals surface area contributed by atoms with Crippen molar-refractivity contribution in [1.29, 1.82) is 0 Å². The standard InChI is InChI=1S/C17H16Cl2N2/c1-11-5-3-8-15-17(11)21(16(10-18)20-15)12(2)13-6-4-7-14(19)9-13/h3-9,12H,10H2,1-2H3. The van der Waals surface area contributed by atoms with Gasteiger partial charge in [-0.05, 0) is 43.2 Å². The molecule has 0 spiro atoms. The van der Waals surface area contributed by atoms with Crippen molar-refractivity contribution < 1.29 is 0 Å². The summed E-state index contributed by atoms with van der Waals surface area (Å²) in [5.74, 6) is 1.27. The van der Waals surface area contributed by atoms with Crippen LogP contribution in [-0.4, -0.2) is 9.55 Å². The quantitative estimate of drug-likeness (QED) is 0.595. The van der Waals surface area contributed by atoms with Crippen LogP contribution in [0.1, 0.15) is 29.9 Å². The minimum Gasteiger partial charge on any atom is -0.319 e. The third-order valence-corrected chi connectivity index (χ3v) is 4.30. The molecule has 0 aliphatic heterocycles. The van der Waals surface area contributed by atoms with Gasteiger partial charge in [-0.2, -0.15) is 0 Å². The van der Waals surface area contributed by atoms with Crippen molar-refractivity contribution in [3.63, 3.8) is 0 Å². The molecule has 0 bridgehead atoms. The predicted molar refractivity (Wildman–Crippen MR) is 89.3 cm³/mol. The summed E-state index contributed by atoms with van der Waals surface area (Å²) < 4.78 is 2.21. The fourth-order valence-corrected chi connectivity index (χ4v) is 3.18. The average molecular weight is 319 g/mol. The van der Waals surface area contributed by atoms with Crippen LogP contribution >= 0.6 is 23.2 Å². The van der Waals surface area contributed by atoms with Gasteiger partial charge in [0.2, 0.25) is 0 Å². The van der Waals surface area contributed by atoms with Gasteiger partial charge in [-0.25, -0.2) is 4.98 Å². The lowest BCUT2D eigenvalue weighted by atomic mass is 10.1. The van der Waals surface area contributed by atoms with E-state index >= 15 is 0 Å². The van der Waals surface area contributed by atoms with Gasteiger partial charge in [0.1, 0.15) is 5.82 Å². The van der Waals surface area contributed by atoms with Gasteiger partial charge in [-0.15, -0.1) is 11.6 Å². The van der Waals surface area contributed by atoms with E-state index in [-0.39, 0.29) is 6.04 Å². The lowest BCUT2D eigenvalue weighted by Crippen LogP contribution is -2.10. The molecular weight excluding hydrogens is 303 g/mol. The zero-order valence-corrected chi connectivity index (χ0v) is 13.5. The van der Waals surface area contributed by atoms with E-state index in [0.29, 0.717) is 5.88 Å². The van der Waals surface area contributed by atoms with Crippen molar-refractivity contribution in [3.05, 3.63) is 64.4 Å². The molecule has 2 nitrogen and oxygen atoms in total. The molecule has 3 rings (SSSR count). The molecule has 1 heterocycles. The summed E-state index contributed by atoms with van der Waals surface area (Å²) in [6.07, 6.45) is 0. The number of alkyl halides is 1. The zero-order valence-electron chi connectivity index (χ0n) is 12.0. The van der Waals surface area contributed by atoms with Crippen LogP contribution in [-0.2, 0) is 5.88 Å². The second-order valence-corrected chi connectivity index (χ2v) is 5.91. The maximum Gasteiger partial charge on any atom is 0.125 e. The molecule has 21 heavy (non-hydrogen) atoms. The van der Waals surface area contributed by atoms with Crippen LogP contribution in [0.3, 0.4) is 0 Å². The van der Waals surface area contributed by atoms with E-state index in [0.717, 1.165) is 27.4 Å². The maximum absolute atomic E-state index is 6.12. The number of imidazole rings is 1. The second kappa shape index (κ2) is 5.70. The minimum atomic E-state index is 0.128. The first-order valence-electron chi connectivity index (χ1n) is 6.89. The number of para-hydroxylation sites is 1. The van der Waals surface area contributed by atoms with Gasteiger partial charge >= 0.3 is 0 Å². The van der Waals surface area contributed by atoms with E-state index in [2.05, 4.69) is 35.5 Å². The van der Waals surface area contributed by atoms with Gasteiger partial charge in [0.25, 0.3) is 0 Å². The second-order valence-electron chi connectivity index (χ2n) is 5.21. The Balaban J connectivity index is 2.23. The van der Waals surface area contributed by atoms with Gasteiger partial charge in [-0.1, -0.05) is 35.9 Å². The Kier molecular flexibility index (Phi) is 3.92. The Labute approximate surface area is 134 Å². The molecule has 0 aliphatic rings. The molecule has 3 aromatic rings.